The maximum absolute atomic E-state index is 5.79. The summed E-state index contributed by atoms with van der Waals surface area (Å²) in [6.45, 7) is 9.30. The Labute approximate surface area is 172 Å². The van der Waals surface area contributed by atoms with Crippen LogP contribution in [0.3, 0.4) is 0 Å². The SMILES string of the molecule is c1ccc(C23CN4CCN(CC(C4)C2NCc2ccc4c(c2)OCCO4)C3)cc1. The van der Waals surface area contributed by atoms with E-state index in [1.54, 1.807) is 0 Å². The van der Waals surface area contributed by atoms with E-state index in [1.807, 2.05) is 0 Å². The molecule has 1 N–H and O–H groups in total. The van der Waals surface area contributed by atoms with Gasteiger partial charge < -0.3 is 24.6 Å². The van der Waals surface area contributed by atoms with Crippen LogP contribution in [0.1, 0.15) is 11.1 Å². The third-order valence-corrected chi connectivity index (χ3v) is 7.28. The number of nitrogens with zero attached hydrogens (tertiary/aromatic N) is 2. The Morgan fingerprint density at radius 1 is 0.897 bits per heavy atom. The average molecular weight is 392 g/mol. The van der Waals surface area contributed by atoms with Crippen LogP contribution in [0.15, 0.2) is 48.5 Å². The summed E-state index contributed by atoms with van der Waals surface area (Å²) in [5.74, 6) is 2.41. The number of ether oxygens (including phenoxy) is 2. The Hall–Kier alpha value is -2.08. The second-order valence-electron chi connectivity index (χ2n) is 9.09. The number of benzene rings is 2. The normalized spacial score (nSPS) is 34.8. The first kappa shape index (κ1) is 17.8. The molecule has 5 aliphatic rings. The third-order valence-electron chi connectivity index (χ3n) is 7.28. The lowest BCUT2D eigenvalue weighted by Gasteiger charge is -2.56. The van der Waals surface area contributed by atoms with E-state index in [-0.39, 0.29) is 5.41 Å². The van der Waals surface area contributed by atoms with Crippen LogP contribution in [0.5, 0.6) is 11.5 Å². The first-order valence-electron chi connectivity index (χ1n) is 10.9. The van der Waals surface area contributed by atoms with Gasteiger partial charge >= 0.3 is 0 Å². The van der Waals surface area contributed by atoms with Gasteiger partial charge in [0.05, 0.1) is 0 Å². The molecule has 152 valence electrons. The van der Waals surface area contributed by atoms with Crippen LogP contribution in [-0.2, 0) is 12.0 Å². The standard InChI is InChI=1S/C24H29N3O2/c1-2-4-20(5-3-1)24-16-26-8-9-27(17-24)15-19(14-26)23(24)25-13-18-6-7-21-22(12-18)29-11-10-28-21/h1-7,12,19,23,25H,8-11,13-17H2. The van der Waals surface area contributed by atoms with E-state index in [1.165, 1.54) is 37.3 Å². The molecule has 4 saturated heterocycles. The molecule has 0 spiro atoms. The zero-order valence-corrected chi connectivity index (χ0v) is 16.8. The molecule has 0 aliphatic carbocycles. The van der Waals surface area contributed by atoms with Gasteiger partial charge in [-0.25, -0.2) is 0 Å². The van der Waals surface area contributed by atoms with Crippen LogP contribution in [0, 0.1) is 5.92 Å². The van der Waals surface area contributed by atoms with Crippen LogP contribution in [-0.4, -0.2) is 68.3 Å². The van der Waals surface area contributed by atoms with Gasteiger partial charge in [-0.2, -0.15) is 0 Å². The Kier molecular flexibility index (Phi) is 4.29. The number of fused-ring (bicyclic) bond motifs is 2. The van der Waals surface area contributed by atoms with E-state index < -0.39 is 0 Å². The molecule has 0 saturated carbocycles. The van der Waals surface area contributed by atoms with Crippen molar-refractivity contribution < 1.29 is 9.47 Å². The molecule has 0 aromatic heterocycles. The van der Waals surface area contributed by atoms with Gasteiger partial charge in [-0.1, -0.05) is 36.4 Å². The summed E-state index contributed by atoms with van der Waals surface area (Å²) in [7, 11) is 0. The summed E-state index contributed by atoms with van der Waals surface area (Å²) in [6.07, 6.45) is 0. The molecule has 2 aromatic carbocycles. The molecule has 5 heterocycles. The fraction of sp³-hybridized carbons (Fsp3) is 0.500. The predicted molar refractivity (Wildman–Crippen MR) is 113 cm³/mol. The maximum atomic E-state index is 5.79. The molecule has 2 aromatic rings. The molecule has 4 bridgehead atoms. The molecule has 5 nitrogen and oxygen atoms in total. The lowest BCUT2D eigenvalue weighted by Crippen LogP contribution is -2.69. The summed E-state index contributed by atoms with van der Waals surface area (Å²) in [5.41, 5.74) is 2.91. The average Bonchev–Trinajstić information content (AvgIpc) is 3.02. The summed E-state index contributed by atoms with van der Waals surface area (Å²) >= 11 is 0. The van der Waals surface area contributed by atoms with Crippen LogP contribution >= 0.6 is 0 Å². The fourth-order valence-electron chi connectivity index (χ4n) is 6.10. The van der Waals surface area contributed by atoms with Gasteiger partial charge in [0.2, 0.25) is 0 Å². The quantitative estimate of drug-likeness (QED) is 0.864. The first-order valence-corrected chi connectivity index (χ1v) is 10.9. The number of hydrogen-bond acceptors (Lipinski definition) is 5. The lowest BCUT2D eigenvalue weighted by atomic mass is 9.64. The minimum absolute atomic E-state index is 0.159. The van der Waals surface area contributed by atoms with Crippen molar-refractivity contribution in [3.8, 4) is 11.5 Å². The predicted octanol–water partition coefficient (Wildman–Crippen LogP) is 2.11. The van der Waals surface area contributed by atoms with Gasteiger partial charge in [-0.15, -0.1) is 0 Å². The molecular formula is C24H29N3O2. The van der Waals surface area contributed by atoms with E-state index in [2.05, 4.69) is 63.6 Å². The van der Waals surface area contributed by atoms with E-state index in [0.29, 0.717) is 25.2 Å². The number of rotatable bonds is 4. The molecule has 7 rings (SSSR count). The van der Waals surface area contributed by atoms with Gasteiger partial charge in [0.25, 0.3) is 0 Å². The Bertz CT molecular complexity index is 871. The molecule has 5 aliphatic heterocycles. The molecule has 4 fully saturated rings. The van der Waals surface area contributed by atoms with Gasteiger partial charge in [-0.3, -0.25) is 0 Å². The van der Waals surface area contributed by atoms with Crippen molar-refractivity contribution in [2.75, 3.05) is 52.5 Å². The summed E-state index contributed by atoms with van der Waals surface area (Å²) in [5, 5.41) is 4.01. The van der Waals surface area contributed by atoms with Crippen molar-refractivity contribution >= 4 is 0 Å². The van der Waals surface area contributed by atoms with E-state index in [9.17, 15) is 0 Å². The van der Waals surface area contributed by atoms with Gasteiger partial charge in [-0.05, 0) is 23.3 Å². The molecule has 3 atom stereocenters. The first-order chi connectivity index (χ1) is 14.3. The molecular weight excluding hydrogens is 362 g/mol. The van der Waals surface area contributed by atoms with Crippen LogP contribution in [0.2, 0.25) is 0 Å². The van der Waals surface area contributed by atoms with Crippen molar-refractivity contribution in [3.63, 3.8) is 0 Å². The summed E-state index contributed by atoms with van der Waals surface area (Å²) in [6, 6.07) is 18.1. The van der Waals surface area contributed by atoms with Crippen molar-refractivity contribution in [3.05, 3.63) is 59.7 Å². The van der Waals surface area contributed by atoms with Crippen molar-refractivity contribution in [2.24, 2.45) is 5.92 Å². The number of nitrogens with one attached hydrogen (secondary N) is 1. The van der Waals surface area contributed by atoms with Crippen molar-refractivity contribution in [1.29, 1.82) is 0 Å². The highest BCUT2D eigenvalue weighted by molar-refractivity contribution is 5.44. The van der Waals surface area contributed by atoms with Crippen molar-refractivity contribution in [1.82, 2.24) is 15.1 Å². The monoisotopic (exact) mass is 391 g/mol. The van der Waals surface area contributed by atoms with Crippen molar-refractivity contribution in [2.45, 2.75) is 18.0 Å². The minimum Gasteiger partial charge on any atom is -0.486 e. The van der Waals surface area contributed by atoms with Gasteiger partial charge in [0, 0.05) is 63.2 Å². The Morgan fingerprint density at radius 2 is 1.62 bits per heavy atom. The van der Waals surface area contributed by atoms with Crippen LogP contribution in [0.4, 0.5) is 0 Å². The Balaban J connectivity index is 1.30. The Morgan fingerprint density at radius 3 is 2.38 bits per heavy atom. The van der Waals surface area contributed by atoms with Gasteiger partial charge in [0.15, 0.2) is 11.5 Å². The van der Waals surface area contributed by atoms with E-state index in [0.717, 1.165) is 31.1 Å². The minimum atomic E-state index is 0.159. The number of hydrogen-bond donors (Lipinski definition) is 1. The zero-order valence-electron chi connectivity index (χ0n) is 16.8. The molecule has 5 heteroatoms. The molecule has 0 amide bonds. The van der Waals surface area contributed by atoms with E-state index in [4.69, 9.17) is 9.47 Å². The zero-order chi connectivity index (χ0) is 19.3. The molecule has 3 unspecified atom stereocenters. The highest BCUT2D eigenvalue weighted by Crippen LogP contribution is 2.43. The highest BCUT2D eigenvalue weighted by atomic mass is 16.6. The largest absolute Gasteiger partial charge is 0.486 e. The lowest BCUT2D eigenvalue weighted by molar-refractivity contribution is 0.0175. The highest BCUT2D eigenvalue weighted by Gasteiger charge is 2.54. The topological polar surface area (TPSA) is 37.0 Å². The summed E-state index contributed by atoms with van der Waals surface area (Å²) < 4.78 is 11.5. The molecule has 29 heavy (non-hydrogen) atoms. The van der Waals surface area contributed by atoms with Crippen LogP contribution in [0.25, 0.3) is 0 Å². The van der Waals surface area contributed by atoms with E-state index >= 15 is 0 Å². The summed E-state index contributed by atoms with van der Waals surface area (Å²) in [4.78, 5) is 5.40. The van der Waals surface area contributed by atoms with Gasteiger partial charge in [0.1, 0.15) is 13.2 Å². The second-order valence-corrected chi connectivity index (χ2v) is 9.09. The second kappa shape index (κ2) is 7.01. The maximum Gasteiger partial charge on any atom is 0.161 e. The third kappa shape index (κ3) is 3.03. The molecule has 0 radical (unpaired) electrons. The van der Waals surface area contributed by atoms with Crippen LogP contribution < -0.4 is 14.8 Å². The number of piperidine rings is 2. The smallest absolute Gasteiger partial charge is 0.161 e. The fourth-order valence-corrected chi connectivity index (χ4v) is 6.10.